The Balaban J connectivity index is 1.67. The van der Waals surface area contributed by atoms with Crippen LogP contribution in [0, 0.1) is 0 Å². The van der Waals surface area contributed by atoms with Crippen LogP contribution < -0.4 is 5.32 Å². The minimum Gasteiger partial charge on any atom is -0.335 e. The van der Waals surface area contributed by atoms with E-state index in [1.807, 2.05) is 34.9 Å². The lowest BCUT2D eigenvalue weighted by atomic mass is 9.96. The van der Waals surface area contributed by atoms with Crippen LogP contribution >= 0.6 is 23.4 Å². The average Bonchev–Trinajstić information content (AvgIpc) is 2.98. The van der Waals surface area contributed by atoms with Gasteiger partial charge < -0.3 is 10.2 Å². The van der Waals surface area contributed by atoms with Crippen LogP contribution in [0.5, 0.6) is 0 Å². The Morgan fingerprint density at radius 1 is 1.29 bits per heavy atom. The second kappa shape index (κ2) is 6.93. The van der Waals surface area contributed by atoms with E-state index >= 15 is 0 Å². The standard InChI is InChI=1S/C16H21ClN2OS/c17-13-6-4-5-12(11-13)15-19(9-10-21-15)16(20)18-14-7-2-1-3-8-14/h4-6,11,14-15H,1-3,7-10H2,(H,18,20)/t15-/m0/s1. The summed E-state index contributed by atoms with van der Waals surface area (Å²) >= 11 is 7.89. The maximum atomic E-state index is 12.6. The number of halogens is 1. The molecule has 1 aliphatic carbocycles. The summed E-state index contributed by atoms with van der Waals surface area (Å²) in [5.74, 6) is 0.981. The van der Waals surface area contributed by atoms with E-state index in [4.69, 9.17) is 11.6 Å². The van der Waals surface area contributed by atoms with Crippen LogP contribution in [0.4, 0.5) is 4.79 Å². The molecule has 1 aliphatic heterocycles. The zero-order valence-corrected chi connectivity index (χ0v) is 13.6. The minimum absolute atomic E-state index is 0.0804. The van der Waals surface area contributed by atoms with Gasteiger partial charge in [0.15, 0.2) is 0 Å². The molecule has 5 heteroatoms. The van der Waals surface area contributed by atoms with Gasteiger partial charge in [-0.2, -0.15) is 0 Å². The maximum absolute atomic E-state index is 12.6. The fraction of sp³-hybridized carbons (Fsp3) is 0.562. The number of carbonyl (C=O) groups excluding carboxylic acids is 1. The Hall–Kier alpha value is -0.870. The highest BCUT2D eigenvalue weighted by atomic mass is 35.5. The van der Waals surface area contributed by atoms with Gasteiger partial charge in [0.05, 0.1) is 0 Å². The molecule has 1 saturated carbocycles. The molecule has 0 aromatic heterocycles. The monoisotopic (exact) mass is 324 g/mol. The van der Waals surface area contributed by atoms with E-state index in [2.05, 4.69) is 11.4 Å². The summed E-state index contributed by atoms with van der Waals surface area (Å²) in [6.45, 7) is 0.806. The molecule has 1 N–H and O–H groups in total. The van der Waals surface area contributed by atoms with Crippen LogP contribution in [-0.4, -0.2) is 29.3 Å². The number of nitrogens with one attached hydrogen (secondary N) is 1. The van der Waals surface area contributed by atoms with Gasteiger partial charge in [0.1, 0.15) is 5.37 Å². The molecule has 2 amide bonds. The molecule has 3 nitrogen and oxygen atoms in total. The molecule has 1 saturated heterocycles. The molecule has 21 heavy (non-hydrogen) atoms. The zero-order chi connectivity index (χ0) is 14.7. The third-order valence-electron chi connectivity index (χ3n) is 4.22. The third-order valence-corrected chi connectivity index (χ3v) is 5.71. The van der Waals surface area contributed by atoms with E-state index in [1.165, 1.54) is 19.3 Å². The molecule has 3 rings (SSSR count). The van der Waals surface area contributed by atoms with Gasteiger partial charge >= 0.3 is 6.03 Å². The second-order valence-electron chi connectivity index (χ2n) is 5.76. The molecular weight excluding hydrogens is 304 g/mol. The molecule has 0 unspecified atom stereocenters. The number of amides is 2. The summed E-state index contributed by atoms with van der Waals surface area (Å²) in [7, 11) is 0. The van der Waals surface area contributed by atoms with Crippen LogP contribution in [0.25, 0.3) is 0 Å². The van der Waals surface area contributed by atoms with E-state index < -0.39 is 0 Å². The number of nitrogens with zero attached hydrogens (tertiary/aromatic N) is 1. The van der Waals surface area contributed by atoms with Crippen molar-refractivity contribution in [2.24, 2.45) is 0 Å². The summed E-state index contributed by atoms with van der Waals surface area (Å²) in [4.78, 5) is 14.5. The highest BCUT2D eigenvalue weighted by molar-refractivity contribution is 7.99. The molecule has 2 aliphatic rings. The van der Waals surface area contributed by atoms with E-state index in [0.29, 0.717) is 6.04 Å². The second-order valence-corrected chi connectivity index (χ2v) is 7.38. The van der Waals surface area contributed by atoms with E-state index in [0.717, 1.165) is 35.7 Å². The first kappa shape index (κ1) is 15.0. The predicted molar refractivity (Wildman–Crippen MR) is 88.8 cm³/mol. The fourth-order valence-corrected chi connectivity index (χ4v) is 4.56. The summed E-state index contributed by atoms with van der Waals surface area (Å²) in [6, 6.07) is 8.28. The summed E-state index contributed by atoms with van der Waals surface area (Å²) in [5.41, 5.74) is 1.11. The number of benzene rings is 1. The van der Waals surface area contributed by atoms with Crippen molar-refractivity contribution in [3.8, 4) is 0 Å². The number of hydrogen-bond donors (Lipinski definition) is 1. The molecule has 0 spiro atoms. The fourth-order valence-electron chi connectivity index (χ4n) is 3.12. The molecule has 1 heterocycles. The smallest absolute Gasteiger partial charge is 0.318 e. The lowest BCUT2D eigenvalue weighted by Crippen LogP contribution is -2.45. The van der Waals surface area contributed by atoms with E-state index in [9.17, 15) is 4.79 Å². The van der Waals surface area contributed by atoms with Crippen molar-refractivity contribution >= 4 is 29.4 Å². The maximum Gasteiger partial charge on any atom is 0.318 e. The third kappa shape index (κ3) is 3.67. The summed E-state index contributed by atoms with van der Waals surface area (Å²) in [6.07, 6.45) is 6.01. The lowest BCUT2D eigenvalue weighted by molar-refractivity contribution is 0.192. The van der Waals surface area contributed by atoms with Crippen molar-refractivity contribution in [3.05, 3.63) is 34.9 Å². The number of thioether (sulfide) groups is 1. The van der Waals surface area contributed by atoms with Gasteiger partial charge in [-0.15, -0.1) is 11.8 Å². The van der Waals surface area contributed by atoms with Crippen LogP contribution in [-0.2, 0) is 0 Å². The van der Waals surface area contributed by atoms with Crippen molar-refractivity contribution in [2.75, 3.05) is 12.3 Å². The quantitative estimate of drug-likeness (QED) is 0.872. The number of rotatable bonds is 2. The van der Waals surface area contributed by atoms with Gasteiger partial charge in [-0.25, -0.2) is 4.79 Å². The zero-order valence-electron chi connectivity index (χ0n) is 12.1. The average molecular weight is 325 g/mol. The van der Waals surface area contributed by atoms with Gasteiger partial charge in [-0.05, 0) is 30.5 Å². The predicted octanol–water partition coefficient (Wildman–Crippen LogP) is 4.43. The first-order valence-electron chi connectivity index (χ1n) is 7.68. The molecule has 1 aromatic rings. The molecule has 1 aromatic carbocycles. The first-order valence-corrected chi connectivity index (χ1v) is 9.11. The topological polar surface area (TPSA) is 32.3 Å². The molecule has 0 radical (unpaired) electrons. The van der Waals surface area contributed by atoms with Crippen LogP contribution in [0.2, 0.25) is 5.02 Å². The largest absolute Gasteiger partial charge is 0.335 e. The van der Waals surface area contributed by atoms with Gasteiger partial charge in [0, 0.05) is 23.4 Å². The molecular formula is C16H21ClN2OS. The Labute approximate surface area is 135 Å². The Kier molecular flexibility index (Phi) is 4.96. The Morgan fingerprint density at radius 3 is 2.86 bits per heavy atom. The van der Waals surface area contributed by atoms with Crippen LogP contribution in [0.1, 0.15) is 43.0 Å². The summed E-state index contributed by atoms with van der Waals surface area (Å²) < 4.78 is 0. The normalized spacial score (nSPS) is 23.3. The van der Waals surface area contributed by atoms with Gasteiger partial charge in [0.2, 0.25) is 0 Å². The van der Waals surface area contributed by atoms with Crippen LogP contribution in [0.15, 0.2) is 24.3 Å². The number of hydrogen-bond acceptors (Lipinski definition) is 2. The van der Waals surface area contributed by atoms with Gasteiger partial charge in [-0.3, -0.25) is 0 Å². The van der Waals surface area contributed by atoms with Crippen molar-refractivity contribution in [2.45, 2.75) is 43.5 Å². The Morgan fingerprint density at radius 2 is 2.10 bits per heavy atom. The SMILES string of the molecule is O=C(NC1CCCCC1)N1CCS[C@H]1c1cccc(Cl)c1. The van der Waals surface area contributed by atoms with Crippen LogP contribution in [0.3, 0.4) is 0 Å². The first-order chi connectivity index (χ1) is 10.2. The van der Waals surface area contributed by atoms with Crippen molar-refractivity contribution in [1.82, 2.24) is 10.2 Å². The van der Waals surface area contributed by atoms with Crippen molar-refractivity contribution in [3.63, 3.8) is 0 Å². The molecule has 2 fully saturated rings. The van der Waals surface area contributed by atoms with Gasteiger partial charge in [0.25, 0.3) is 0 Å². The van der Waals surface area contributed by atoms with Crippen molar-refractivity contribution in [1.29, 1.82) is 0 Å². The molecule has 114 valence electrons. The number of carbonyl (C=O) groups is 1. The molecule has 1 atom stereocenters. The molecule has 0 bridgehead atoms. The number of urea groups is 1. The van der Waals surface area contributed by atoms with E-state index in [1.54, 1.807) is 0 Å². The van der Waals surface area contributed by atoms with E-state index in [-0.39, 0.29) is 11.4 Å². The van der Waals surface area contributed by atoms with Gasteiger partial charge in [-0.1, -0.05) is 43.0 Å². The minimum atomic E-state index is 0.0804. The van der Waals surface area contributed by atoms with Crippen molar-refractivity contribution < 1.29 is 4.79 Å². The Bertz CT molecular complexity index is 505. The summed E-state index contributed by atoms with van der Waals surface area (Å²) in [5, 5.41) is 4.04. The highest BCUT2D eigenvalue weighted by Crippen LogP contribution is 2.38. The lowest BCUT2D eigenvalue weighted by Gasteiger charge is -2.29. The highest BCUT2D eigenvalue weighted by Gasteiger charge is 2.31.